The zero-order valence-electron chi connectivity index (χ0n) is 18.0. The smallest absolute Gasteiger partial charge is 0.156 e. The summed E-state index contributed by atoms with van der Waals surface area (Å²) in [5, 5.41) is 0. The molecule has 6 rings (SSSR count). The molecular weight excluding hydrogens is 352 g/mol. The molecule has 1 aromatic rings. The van der Waals surface area contributed by atoms with E-state index in [-0.39, 0.29) is 0 Å². The first-order valence-corrected chi connectivity index (χ1v) is 12.1. The monoisotopic (exact) mass is 386 g/mol. The number of ketones is 1. The summed E-state index contributed by atoms with van der Waals surface area (Å²) in [6.07, 6.45) is 13.3. The molecule has 1 heteroatoms. The number of fused-ring (bicyclic) bond motifs is 4. The normalized spacial score (nSPS) is 39.0. The van der Waals surface area contributed by atoms with Crippen LogP contribution in [0.3, 0.4) is 0 Å². The Balaban J connectivity index is 1.50. The molecule has 3 fully saturated rings. The van der Waals surface area contributed by atoms with Crippen molar-refractivity contribution in [3.63, 3.8) is 0 Å². The van der Waals surface area contributed by atoms with Crippen molar-refractivity contribution in [2.45, 2.75) is 77.6 Å². The summed E-state index contributed by atoms with van der Waals surface area (Å²) < 4.78 is 0. The van der Waals surface area contributed by atoms with Crippen LogP contribution in [0.1, 0.15) is 81.8 Å². The molecule has 5 unspecified atom stereocenters. The fraction of sp³-hybridized carbons (Fsp3) is 0.607. The van der Waals surface area contributed by atoms with Gasteiger partial charge in [0.1, 0.15) is 0 Å². The van der Waals surface area contributed by atoms with Crippen LogP contribution >= 0.6 is 0 Å². The molecular formula is C28H34O. The summed E-state index contributed by atoms with van der Waals surface area (Å²) >= 11 is 0. The number of allylic oxidation sites excluding steroid dienone is 4. The molecule has 0 amide bonds. The number of benzene rings is 1. The first-order chi connectivity index (χ1) is 14.0. The Hall–Kier alpha value is -1.63. The summed E-state index contributed by atoms with van der Waals surface area (Å²) in [6, 6.07) is 9.42. The Bertz CT molecular complexity index is 912. The molecule has 5 aliphatic rings. The maximum Gasteiger partial charge on any atom is 0.156 e. The molecule has 0 bridgehead atoms. The molecule has 1 nitrogen and oxygen atoms in total. The Kier molecular flexibility index (Phi) is 4.03. The molecule has 0 spiro atoms. The highest BCUT2D eigenvalue weighted by molar-refractivity contribution is 5.93. The first-order valence-electron chi connectivity index (χ1n) is 12.1. The third-order valence-electron chi connectivity index (χ3n) is 9.48. The van der Waals surface area contributed by atoms with E-state index in [0.717, 1.165) is 42.9 Å². The highest BCUT2D eigenvalue weighted by Crippen LogP contribution is 2.68. The average molecular weight is 387 g/mol. The minimum Gasteiger partial charge on any atom is -0.295 e. The van der Waals surface area contributed by atoms with Crippen molar-refractivity contribution in [3.8, 4) is 0 Å². The van der Waals surface area contributed by atoms with Gasteiger partial charge in [-0.25, -0.2) is 0 Å². The van der Waals surface area contributed by atoms with Crippen molar-refractivity contribution in [2.75, 3.05) is 0 Å². The lowest BCUT2D eigenvalue weighted by Gasteiger charge is -2.53. The van der Waals surface area contributed by atoms with Gasteiger partial charge in [0.15, 0.2) is 5.78 Å². The van der Waals surface area contributed by atoms with E-state index < -0.39 is 0 Å². The summed E-state index contributed by atoms with van der Waals surface area (Å²) in [4.78, 5) is 12.1. The predicted octanol–water partition coefficient (Wildman–Crippen LogP) is 6.92. The van der Waals surface area contributed by atoms with Gasteiger partial charge in [0.2, 0.25) is 0 Å². The van der Waals surface area contributed by atoms with Gasteiger partial charge in [-0.1, -0.05) is 42.3 Å². The van der Waals surface area contributed by atoms with E-state index in [0.29, 0.717) is 17.1 Å². The third-order valence-corrected chi connectivity index (χ3v) is 9.48. The molecule has 5 atom stereocenters. The maximum atomic E-state index is 12.1. The zero-order valence-corrected chi connectivity index (χ0v) is 18.0. The largest absolute Gasteiger partial charge is 0.295 e. The molecule has 0 saturated heterocycles. The molecule has 0 aromatic heterocycles. The summed E-state index contributed by atoms with van der Waals surface area (Å²) in [7, 11) is 0. The Morgan fingerprint density at radius 3 is 2.41 bits per heavy atom. The molecule has 5 aliphatic carbocycles. The number of aryl methyl sites for hydroxylation is 1. The number of carbonyl (C=O) groups excluding carboxylic acids is 1. The average Bonchev–Trinajstić information content (AvgIpc) is 3.49. The van der Waals surface area contributed by atoms with Crippen LogP contribution in [0.2, 0.25) is 0 Å². The second-order valence-corrected chi connectivity index (χ2v) is 11.0. The van der Waals surface area contributed by atoms with E-state index in [1.54, 1.807) is 11.1 Å². The molecule has 29 heavy (non-hydrogen) atoms. The predicted molar refractivity (Wildman–Crippen MR) is 118 cm³/mol. The molecule has 152 valence electrons. The fourth-order valence-electron chi connectivity index (χ4n) is 8.07. The lowest BCUT2D eigenvalue weighted by Crippen LogP contribution is -2.43. The van der Waals surface area contributed by atoms with Crippen LogP contribution in [0.15, 0.2) is 47.1 Å². The molecule has 0 radical (unpaired) electrons. The fourth-order valence-corrected chi connectivity index (χ4v) is 8.07. The van der Waals surface area contributed by atoms with Crippen LogP contribution in [-0.4, -0.2) is 5.78 Å². The lowest BCUT2D eigenvalue weighted by molar-refractivity contribution is -0.114. The second kappa shape index (κ2) is 6.43. The van der Waals surface area contributed by atoms with Crippen molar-refractivity contribution in [1.29, 1.82) is 0 Å². The van der Waals surface area contributed by atoms with Gasteiger partial charge in [0, 0.05) is 12.3 Å². The topological polar surface area (TPSA) is 17.1 Å². The van der Waals surface area contributed by atoms with Crippen LogP contribution in [0.4, 0.5) is 0 Å². The van der Waals surface area contributed by atoms with Crippen molar-refractivity contribution in [3.05, 3.63) is 58.2 Å². The quantitative estimate of drug-likeness (QED) is 0.539. The molecule has 0 N–H and O–H groups in total. The Morgan fingerprint density at radius 2 is 1.66 bits per heavy atom. The van der Waals surface area contributed by atoms with E-state index in [1.807, 2.05) is 6.08 Å². The minimum absolute atomic E-state index is 0.352. The van der Waals surface area contributed by atoms with E-state index in [1.165, 1.54) is 55.2 Å². The Labute approximate surface area is 175 Å². The van der Waals surface area contributed by atoms with Crippen molar-refractivity contribution in [2.24, 2.45) is 29.1 Å². The third kappa shape index (κ3) is 2.76. The van der Waals surface area contributed by atoms with Crippen LogP contribution in [0, 0.1) is 36.0 Å². The highest BCUT2D eigenvalue weighted by Gasteiger charge is 2.59. The summed E-state index contributed by atoms with van der Waals surface area (Å²) in [5.41, 5.74) is 8.15. The SMILES string of the molecule is Cc1ccc(C2CC3(C)C(C4CC4)CCC3C3CCC4=CC(=O)CCC4=C23)cc1. The van der Waals surface area contributed by atoms with Crippen LogP contribution in [-0.2, 0) is 4.79 Å². The van der Waals surface area contributed by atoms with Gasteiger partial charge < -0.3 is 0 Å². The van der Waals surface area contributed by atoms with E-state index >= 15 is 0 Å². The van der Waals surface area contributed by atoms with Crippen molar-refractivity contribution >= 4 is 5.78 Å². The minimum atomic E-state index is 0.352. The number of hydrogen-bond acceptors (Lipinski definition) is 1. The maximum absolute atomic E-state index is 12.1. The van der Waals surface area contributed by atoms with Gasteiger partial charge in [-0.05, 0) is 110 Å². The molecule has 0 aliphatic heterocycles. The van der Waals surface area contributed by atoms with Gasteiger partial charge in [0.05, 0.1) is 0 Å². The summed E-state index contributed by atoms with van der Waals surface area (Å²) in [5.74, 6) is 4.51. The zero-order chi connectivity index (χ0) is 19.8. The van der Waals surface area contributed by atoms with E-state index in [4.69, 9.17) is 0 Å². The van der Waals surface area contributed by atoms with E-state index in [9.17, 15) is 4.79 Å². The number of carbonyl (C=O) groups is 1. The molecule has 0 heterocycles. The van der Waals surface area contributed by atoms with Crippen LogP contribution in [0.5, 0.6) is 0 Å². The van der Waals surface area contributed by atoms with Crippen molar-refractivity contribution in [1.82, 2.24) is 0 Å². The number of hydrogen-bond donors (Lipinski definition) is 0. The Morgan fingerprint density at radius 1 is 0.897 bits per heavy atom. The van der Waals surface area contributed by atoms with Crippen LogP contribution < -0.4 is 0 Å². The molecule has 3 saturated carbocycles. The van der Waals surface area contributed by atoms with Gasteiger partial charge in [0.25, 0.3) is 0 Å². The molecule has 1 aromatic carbocycles. The van der Waals surface area contributed by atoms with Crippen LogP contribution in [0.25, 0.3) is 0 Å². The second-order valence-electron chi connectivity index (χ2n) is 11.0. The summed E-state index contributed by atoms with van der Waals surface area (Å²) in [6.45, 7) is 4.87. The first kappa shape index (κ1) is 18.2. The van der Waals surface area contributed by atoms with E-state index in [2.05, 4.69) is 38.1 Å². The number of rotatable bonds is 2. The van der Waals surface area contributed by atoms with Gasteiger partial charge >= 0.3 is 0 Å². The lowest BCUT2D eigenvalue weighted by atomic mass is 9.51. The highest BCUT2D eigenvalue weighted by atomic mass is 16.1. The van der Waals surface area contributed by atoms with Gasteiger partial charge in [-0.3, -0.25) is 4.79 Å². The van der Waals surface area contributed by atoms with Gasteiger partial charge in [-0.2, -0.15) is 0 Å². The van der Waals surface area contributed by atoms with Gasteiger partial charge in [-0.15, -0.1) is 0 Å². The van der Waals surface area contributed by atoms with Crippen molar-refractivity contribution < 1.29 is 4.79 Å². The standard InChI is InChI=1S/C28H34O/c1-17-3-5-18(6-4-17)24-16-28(2)25(19-7-8-19)13-14-26(28)23-11-9-20-15-21(29)10-12-22(20)27(23)24/h3-6,15,19,23-26H,7-14,16H2,1-2H3.